The number of carbonyl (C=O) groups is 2. The van der Waals surface area contributed by atoms with Crippen molar-refractivity contribution < 1.29 is 19.4 Å². The number of hydrogen-bond acceptors (Lipinski definition) is 5. The lowest BCUT2D eigenvalue weighted by Crippen LogP contribution is -2.42. The van der Waals surface area contributed by atoms with Gasteiger partial charge < -0.3 is 14.7 Å². The molecular weight excluding hydrogens is 238 g/mol. The molecule has 0 saturated heterocycles. The smallest absolute Gasteiger partial charge is 0.326 e. The Bertz CT molecular complexity index is 450. The molecule has 0 radical (unpaired) electrons. The van der Waals surface area contributed by atoms with E-state index in [4.69, 9.17) is 9.84 Å². The molecule has 7 nitrogen and oxygen atoms in total. The van der Waals surface area contributed by atoms with Gasteiger partial charge in [-0.1, -0.05) is 0 Å². The van der Waals surface area contributed by atoms with Crippen LogP contribution < -0.4 is 4.74 Å². The fraction of sp³-hybridized carbons (Fsp3) is 0.455. The molecule has 0 aliphatic heterocycles. The molecule has 0 bridgehead atoms. The molecule has 1 atom stereocenters. The highest BCUT2D eigenvalue weighted by Gasteiger charge is 2.22. The number of carboxylic acids is 1. The Balaban J connectivity index is 2.56. The molecule has 1 rings (SSSR count). The summed E-state index contributed by atoms with van der Waals surface area (Å²) in [6, 6.07) is -0.896. The summed E-state index contributed by atoms with van der Waals surface area (Å²) in [7, 11) is 1.41. The zero-order valence-electron chi connectivity index (χ0n) is 10.5. The minimum atomic E-state index is -1.07. The van der Waals surface area contributed by atoms with Crippen LogP contribution in [0, 0.1) is 6.92 Å². The number of aryl methyl sites for hydroxylation is 1. The lowest BCUT2D eigenvalue weighted by atomic mass is 10.3. The van der Waals surface area contributed by atoms with Gasteiger partial charge in [-0.3, -0.25) is 4.79 Å². The van der Waals surface area contributed by atoms with Crippen molar-refractivity contribution in [1.29, 1.82) is 0 Å². The minimum absolute atomic E-state index is 0.258. The Morgan fingerprint density at radius 2 is 2.22 bits per heavy atom. The molecule has 1 N–H and O–H groups in total. The predicted molar refractivity (Wildman–Crippen MR) is 62.1 cm³/mol. The molecule has 1 unspecified atom stereocenters. The second-order valence-corrected chi connectivity index (χ2v) is 3.82. The van der Waals surface area contributed by atoms with E-state index in [1.807, 2.05) is 0 Å². The van der Waals surface area contributed by atoms with Crippen LogP contribution in [0.3, 0.4) is 0 Å². The van der Waals surface area contributed by atoms with E-state index in [1.54, 1.807) is 13.1 Å². The molecule has 1 amide bonds. The average Bonchev–Trinajstić information content (AvgIpc) is 2.35. The van der Waals surface area contributed by atoms with Crippen LogP contribution in [-0.4, -0.2) is 51.5 Å². The van der Waals surface area contributed by atoms with Crippen LogP contribution in [0.5, 0.6) is 5.88 Å². The number of ether oxygens (including phenoxy) is 1. The second-order valence-electron chi connectivity index (χ2n) is 3.82. The highest BCUT2D eigenvalue weighted by Crippen LogP contribution is 2.10. The quantitative estimate of drug-likeness (QED) is 0.799. The number of aliphatic carboxylic acids is 1. The molecule has 0 saturated carbocycles. The summed E-state index contributed by atoms with van der Waals surface area (Å²) < 4.78 is 5.21. The Morgan fingerprint density at radius 3 is 2.78 bits per heavy atom. The Morgan fingerprint density at radius 1 is 1.56 bits per heavy atom. The topological polar surface area (TPSA) is 92.6 Å². The molecule has 1 aromatic rings. The zero-order valence-corrected chi connectivity index (χ0v) is 10.5. The van der Waals surface area contributed by atoms with Crippen molar-refractivity contribution in [2.75, 3.05) is 13.7 Å². The fourth-order valence-electron chi connectivity index (χ4n) is 1.15. The highest BCUT2D eigenvalue weighted by atomic mass is 16.5. The van der Waals surface area contributed by atoms with E-state index in [0.717, 1.165) is 4.90 Å². The molecule has 0 aliphatic rings. The summed E-state index contributed by atoms with van der Waals surface area (Å²) in [4.78, 5) is 31.2. The Kier molecular flexibility index (Phi) is 4.59. The van der Waals surface area contributed by atoms with Gasteiger partial charge in [0.25, 0.3) is 5.91 Å². The van der Waals surface area contributed by atoms with Crippen molar-refractivity contribution in [3.63, 3.8) is 0 Å². The Hall–Kier alpha value is -2.18. The SMILES string of the molecule is Cc1cncnc1OCC(=O)N(C)C(C)C(=O)O. The summed E-state index contributed by atoms with van der Waals surface area (Å²) in [5.41, 5.74) is 0.708. The molecule has 0 fully saturated rings. The van der Waals surface area contributed by atoms with Crippen molar-refractivity contribution in [1.82, 2.24) is 14.9 Å². The maximum Gasteiger partial charge on any atom is 0.326 e. The lowest BCUT2D eigenvalue weighted by Gasteiger charge is -2.21. The molecule has 0 aromatic carbocycles. The van der Waals surface area contributed by atoms with Crippen LogP contribution in [0.25, 0.3) is 0 Å². The molecule has 1 aromatic heterocycles. The van der Waals surface area contributed by atoms with Gasteiger partial charge in [0.15, 0.2) is 6.61 Å². The second kappa shape index (κ2) is 5.95. The summed E-state index contributed by atoms with van der Waals surface area (Å²) in [5.74, 6) is -1.18. The van der Waals surface area contributed by atoms with Crippen molar-refractivity contribution in [2.45, 2.75) is 19.9 Å². The van der Waals surface area contributed by atoms with Gasteiger partial charge in [-0.15, -0.1) is 0 Å². The summed E-state index contributed by atoms with van der Waals surface area (Å²) in [5, 5.41) is 8.78. The van der Waals surface area contributed by atoms with E-state index in [-0.39, 0.29) is 6.61 Å². The molecule has 18 heavy (non-hydrogen) atoms. The number of aromatic nitrogens is 2. The van der Waals surface area contributed by atoms with E-state index in [9.17, 15) is 9.59 Å². The van der Waals surface area contributed by atoms with Gasteiger partial charge in [0.2, 0.25) is 5.88 Å². The first kappa shape index (κ1) is 13.9. The van der Waals surface area contributed by atoms with Crippen molar-refractivity contribution >= 4 is 11.9 Å². The van der Waals surface area contributed by atoms with Gasteiger partial charge in [-0.05, 0) is 13.8 Å². The number of carbonyl (C=O) groups excluding carboxylic acids is 1. The minimum Gasteiger partial charge on any atom is -0.480 e. The highest BCUT2D eigenvalue weighted by molar-refractivity contribution is 5.83. The lowest BCUT2D eigenvalue weighted by molar-refractivity contribution is -0.149. The van der Waals surface area contributed by atoms with E-state index >= 15 is 0 Å². The van der Waals surface area contributed by atoms with Crippen LogP contribution in [0.2, 0.25) is 0 Å². The van der Waals surface area contributed by atoms with Gasteiger partial charge in [0.05, 0.1) is 0 Å². The average molecular weight is 253 g/mol. The third kappa shape index (κ3) is 3.41. The maximum absolute atomic E-state index is 11.7. The molecule has 0 spiro atoms. The van der Waals surface area contributed by atoms with E-state index in [1.165, 1.54) is 20.3 Å². The van der Waals surface area contributed by atoms with E-state index < -0.39 is 17.9 Å². The number of hydrogen-bond donors (Lipinski definition) is 1. The standard InChI is InChI=1S/C11H15N3O4/c1-7-4-12-6-13-10(7)18-5-9(15)14(3)8(2)11(16)17/h4,6,8H,5H2,1-3H3,(H,16,17). The van der Waals surface area contributed by atoms with Gasteiger partial charge in [0.1, 0.15) is 12.4 Å². The van der Waals surface area contributed by atoms with Crippen LogP contribution in [0.15, 0.2) is 12.5 Å². The number of rotatable bonds is 5. The van der Waals surface area contributed by atoms with Crippen LogP contribution in [-0.2, 0) is 9.59 Å². The van der Waals surface area contributed by atoms with Gasteiger partial charge in [0, 0.05) is 18.8 Å². The Labute approximate surface area is 104 Å². The number of nitrogens with zero attached hydrogens (tertiary/aromatic N) is 3. The van der Waals surface area contributed by atoms with Crippen LogP contribution >= 0.6 is 0 Å². The van der Waals surface area contributed by atoms with Gasteiger partial charge >= 0.3 is 5.97 Å². The van der Waals surface area contributed by atoms with E-state index in [2.05, 4.69) is 9.97 Å². The van der Waals surface area contributed by atoms with Crippen molar-refractivity contribution in [3.8, 4) is 5.88 Å². The first-order valence-electron chi connectivity index (χ1n) is 5.31. The van der Waals surface area contributed by atoms with E-state index in [0.29, 0.717) is 11.4 Å². The monoisotopic (exact) mass is 253 g/mol. The third-order valence-electron chi connectivity index (χ3n) is 2.51. The number of carboxylic acid groups (broad SMARTS) is 1. The third-order valence-corrected chi connectivity index (χ3v) is 2.51. The summed E-state index contributed by atoms with van der Waals surface area (Å²) >= 11 is 0. The number of amides is 1. The fourth-order valence-corrected chi connectivity index (χ4v) is 1.15. The van der Waals surface area contributed by atoms with Gasteiger partial charge in [-0.25, -0.2) is 14.8 Å². The maximum atomic E-state index is 11.7. The molecule has 0 aliphatic carbocycles. The van der Waals surface area contributed by atoms with Gasteiger partial charge in [-0.2, -0.15) is 0 Å². The number of likely N-dealkylation sites (N-methyl/N-ethyl adjacent to an activating group) is 1. The van der Waals surface area contributed by atoms with Crippen LogP contribution in [0.4, 0.5) is 0 Å². The molecule has 1 heterocycles. The zero-order chi connectivity index (χ0) is 13.7. The first-order valence-corrected chi connectivity index (χ1v) is 5.31. The normalized spacial score (nSPS) is 11.7. The molecular formula is C11H15N3O4. The van der Waals surface area contributed by atoms with Crippen LogP contribution in [0.1, 0.15) is 12.5 Å². The predicted octanol–water partition coefficient (Wildman–Crippen LogP) is 0.0953. The van der Waals surface area contributed by atoms with Crippen molar-refractivity contribution in [2.24, 2.45) is 0 Å². The largest absolute Gasteiger partial charge is 0.480 e. The summed E-state index contributed by atoms with van der Waals surface area (Å²) in [6.45, 7) is 2.92. The molecule has 98 valence electrons. The molecule has 7 heteroatoms. The first-order chi connectivity index (χ1) is 8.43. The summed E-state index contributed by atoms with van der Waals surface area (Å²) in [6.07, 6.45) is 2.88. The van der Waals surface area contributed by atoms with Crippen molar-refractivity contribution in [3.05, 3.63) is 18.1 Å².